The maximum atomic E-state index is 9.99. The molecule has 2 aromatic carbocycles. The van der Waals surface area contributed by atoms with E-state index >= 15 is 0 Å². The highest BCUT2D eigenvalue weighted by atomic mass is 16.3. The molecule has 1 aliphatic heterocycles. The van der Waals surface area contributed by atoms with E-state index in [1.54, 1.807) is 12.1 Å². The molecule has 23 heavy (non-hydrogen) atoms. The highest BCUT2D eigenvalue weighted by Gasteiger charge is 2.21. The molecular weight excluding hydrogens is 288 g/mol. The summed E-state index contributed by atoms with van der Waals surface area (Å²) < 4.78 is 0. The van der Waals surface area contributed by atoms with Crippen molar-refractivity contribution in [3.8, 4) is 11.5 Å². The first-order valence-corrected chi connectivity index (χ1v) is 8.03. The van der Waals surface area contributed by atoms with E-state index in [0.717, 1.165) is 44.0 Å². The van der Waals surface area contributed by atoms with Gasteiger partial charge in [0.2, 0.25) is 0 Å². The largest absolute Gasteiger partial charge is 0.508 e. The van der Waals surface area contributed by atoms with Gasteiger partial charge in [0.05, 0.1) is 6.67 Å². The smallest absolute Gasteiger partial charge is 0.120 e. The van der Waals surface area contributed by atoms with Gasteiger partial charge in [-0.1, -0.05) is 35.4 Å². The van der Waals surface area contributed by atoms with Crippen LogP contribution in [0.3, 0.4) is 0 Å². The number of rotatable bonds is 4. The molecule has 0 aliphatic carbocycles. The van der Waals surface area contributed by atoms with Crippen molar-refractivity contribution >= 4 is 0 Å². The molecule has 0 saturated carbocycles. The van der Waals surface area contributed by atoms with E-state index in [-0.39, 0.29) is 0 Å². The zero-order chi connectivity index (χ0) is 16.4. The summed E-state index contributed by atoms with van der Waals surface area (Å²) in [6, 6.07) is 11.5. The van der Waals surface area contributed by atoms with Crippen molar-refractivity contribution in [2.75, 3.05) is 19.8 Å². The van der Waals surface area contributed by atoms with Crippen LogP contribution in [0.2, 0.25) is 0 Å². The van der Waals surface area contributed by atoms with Crippen molar-refractivity contribution in [1.82, 2.24) is 9.80 Å². The second-order valence-electron chi connectivity index (χ2n) is 6.51. The van der Waals surface area contributed by atoms with Crippen molar-refractivity contribution in [3.05, 3.63) is 58.7 Å². The SMILES string of the molecule is Cc1ccc(O)c(CN2CCN(Cc3cc(C)ccc3O)C2)c1. The van der Waals surface area contributed by atoms with Gasteiger partial charge in [0.15, 0.2) is 0 Å². The van der Waals surface area contributed by atoms with Crippen molar-refractivity contribution in [3.63, 3.8) is 0 Å². The van der Waals surface area contributed by atoms with Crippen LogP contribution in [0.5, 0.6) is 11.5 Å². The summed E-state index contributed by atoms with van der Waals surface area (Å²) in [6.07, 6.45) is 0. The predicted molar refractivity (Wildman–Crippen MR) is 91.4 cm³/mol. The molecule has 0 aromatic heterocycles. The summed E-state index contributed by atoms with van der Waals surface area (Å²) in [6.45, 7) is 8.38. The molecule has 0 unspecified atom stereocenters. The Labute approximate surface area is 137 Å². The van der Waals surface area contributed by atoms with Gasteiger partial charge in [-0.25, -0.2) is 0 Å². The minimum absolute atomic E-state index is 0.366. The number of benzene rings is 2. The van der Waals surface area contributed by atoms with E-state index < -0.39 is 0 Å². The zero-order valence-corrected chi connectivity index (χ0v) is 13.8. The average molecular weight is 312 g/mol. The summed E-state index contributed by atoms with van der Waals surface area (Å²) in [4.78, 5) is 4.64. The first kappa shape index (κ1) is 15.8. The van der Waals surface area contributed by atoms with Crippen LogP contribution in [0.4, 0.5) is 0 Å². The zero-order valence-electron chi connectivity index (χ0n) is 13.8. The van der Waals surface area contributed by atoms with Crippen molar-refractivity contribution in [1.29, 1.82) is 0 Å². The van der Waals surface area contributed by atoms with Crippen molar-refractivity contribution < 1.29 is 10.2 Å². The minimum Gasteiger partial charge on any atom is -0.508 e. The number of nitrogens with zero attached hydrogens (tertiary/aromatic N) is 2. The normalized spacial score (nSPS) is 16.1. The van der Waals surface area contributed by atoms with Crippen LogP contribution in [0, 0.1) is 13.8 Å². The Morgan fingerprint density at radius 1 is 0.783 bits per heavy atom. The monoisotopic (exact) mass is 312 g/mol. The highest BCUT2D eigenvalue weighted by molar-refractivity contribution is 5.36. The summed E-state index contributed by atoms with van der Waals surface area (Å²) in [7, 11) is 0. The molecule has 122 valence electrons. The van der Waals surface area contributed by atoms with Gasteiger partial charge in [0.1, 0.15) is 11.5 Å². The number of aryl methyl sites for hydroxylation is 2. The van der Waals surface area contributed by atoms with Crippen molar-refractivity contribution in [2.45, 2.75) is 26.9 Å². The fourth-order valence-electron chi connectivity index (χ4n) is 3.13. The number of phenolic OH excluding ortho intramolecular Hbond substituents is 2. The average Bonchev–Trinajstić information content (AvgIpc) is 2.94. The lowest BCUT2D eigenvalue weighted by Gasteiger charge is -2.19. The molecule has 1 heterocycles. The molecular formula is C19H24N2O2. The molecule has 0 bridgehead atoms. The van der Waals surface area contributed by atoms with Gasteiger partial charge in [-0.15, -0.1) is 0 Å². The van der Waals surface area contributed by atoms with Crippen LogP contribution in [-0.2, 0) is 13.1 Å². The fraction of sp³-hybridized carbons (Fsp3) is 0.368. The summed E-state index contributed by atoms with van der Waals surface area (Å²) in [5.41, 5.74) is 4.28. The molecule has 1 fully saturated rings. The third kappa shape index (κ3) is 3.84. The van der Waals surface area contributed by atoms with Crippen LogP contribution < -0.4 is 0 Å². The summed E-state index contributed by atoms with van der Waals surface area (Å²) in [5, 5.41) is 20.0. The van der Waals surface area contributed by atoms with E-state index in [9.17, 15) is 10.2 Å². The van der Waals surface area contributed by atoms with E-state index in [0.29, 0.717) is 11.5 Å². The second kappa shape index (κ2) is 6.60. The first-order valence-electron chi connectivity index (χ1n) is 8.03. The molecule has 4 nitrogen and oxygen atoms in total. The van der Waals surface area contributed by atoms with E-state index in [1.807, 2.05) is 38.1 Å². The highest BCUT2D eigenvalue weighted by Crippen LogP contribution is 2.24. The molecule has 1 saturated heterocycles. The summed E-state index contributed by atoms with van der Waals surface area (Å²) >= 11 is 0. The number of hydrogen-bond donors (Lipinski definition) is 2. The van der Waals surface area contributed by atoms with Crippen LogP contribution in [0.15, 0.2) is 36.4 Å². The minimum atomic E-state index is 0.366. The molecule has 1 aliphatic rings. The third-order valence-corrected chi connectivity index (χ3v) is 4.39. The first-order chi connectivity index (χ1) is 11.0. The van der Waals surface area contributed by atoms with Gasteiger partial charge in [-0.05, 0) is 26.0 Å². The van der Waals surface area contributed by atoms with E-state index in [4.69, 9.17) is 0 Å². The number of aromatic hydroxyl groups is 2. The Morgan fingerprint density at radius 3 is 1.65 bits per heavy atom. The predicted octanol–water partition coefficient (Wildman–Crippen LogP) is 2.99. The van der Waals surface area contributed by atoms with Crippen LogP contribution in [0.25, 0.3) is 0 Å². The Balaban J connectivity index is 1.62. The van der Waals surface area contributed by atoms with Gasteiger partial charge >= 0.3 is 0 Å². The second-order valence-corrected chi connectivity index (χ2v) is 6.51. The maximum absolute atomic E-state index is 9.99. The Bertz CT molecular complexity index is 640. The fourth-order valence-corrected chi connectivity index (χ4v) is 3.13. The third-order valence-electron chi connectivity index (χ3n) is 4.39. The molecule has 3 rings (SSSR count). The Morgan fingerprint density at radius 2 is 1.22 bits per heavy atom. The molecule has 0 atom stereocenters. The molecule has 2 aromatic rings. The quantitative estimate of drug-likeness (QED) is 0.911. The van der Waals surface area contributed by atoms with Gasteiger partial charge in [0, 0.05) is 37.3 Å². The molecule has 0 amide bonds. The van der Waals surface area contributed by atoms with Crippen molar-refractivity contribution in [2.24, 2.45) is 0 Å². The maximum Gasteiger partial charge on any atom is 0.120 e. The van der Waals surface area contributed by atoms with Gasteiger partial charge < -0.3 is 10.2 Å². The van der Waals surface area contributed by atoms with Gasteiger partial charge in [-0.3, -0.25) is 9.80 Å². The van der Waals surface area contributed by atoms with E-state index in [2.05, 4.69) is 9.80 Å². The summed E-state index contributed by atoms with van der Waals surface area (Å²) in [5.74, 6) is 0.732. The van der Waals surface area contributed by atoms with Crippen LogP contribution >= 0.6 is 0 Å². The lowest BCUT2D eigenvalue weighted by molar-refractivity contribution is 0.231. The lowest BCUT2D eigenvalue weighted by Crippen LogP contribution is -2.25. The number of hydrogen-bond acceptors (Lipinski definition) is 4. The van der Waals surface area contributed by atoms with Gasteiger partial charge in [-0.2, -0.15) is 0 Å². The number of phenols is 2. The van der Waals surface area contributed by atoms with Gasteiger partial charge in [0.25, 0.3) is 0 Å². The lowest BCUT2D eigenvalue weighted by atomic mass is 10.1. The Hall–Kier alpha value is -2.04. The molecule has 0 spiro atoms. The molecule has 0 radical (unpaired) electrons. The topological polar surface area (TPSA) is 46.9 Å². The molecule has 4 heteroatoms. The van der Waals surface area contributed by atoms with Crippen LogP contribution in [-0.4, -0.2) is 39.8 Å². The van der Waals surface area contributed by atoms with Crippen LogP contribution in [0.1, 0.15) is 22.3 Å². The standard InChI is InChI=1S/C19H24N2O2/c1-14-3-5-18(22)16(9-14)11-20-7-8-21(13-20)12-17-10-15(2)4-6-19(17)23/h3-6,9-10,22-23H,7-8,11-13H2,1-2H3. The Kier molecular flexibility index (Phi) is 4.55. The van der Waals surface area contributed by atoms with E-state index in [1.165, 1.54) is 11.1 Å². The molecule has 2 N–H and O–H groups in total.